The van der Waals surface area contributed by atoms with E-state index in [1.165, 1.54) is 33.0 Å². The van der Waals surface area contributed by atoms with Crippen molar-refractivity contribution in [2.24, 2.45) is 0 Å². The first kappa shape index (κ1) is 12.8. The van der Waals surface area contributed by atoms with Crippen molar-refractivity contribution >= 4 is 5.97 Å². The molecular weight excluding hydrogens is 220 g/mol. The van der Waals surface area contributed by atoms with Gasteiger partial charge in [0.05, 0.1) is 13.7 Å². The maximum atomic E-state index is 11.4. The van der Waals surface area contributed by atoms with Crippen LogP contribution in [0, 0.1) is 0 Å². The molecule has 0 aromatic rings. The van der Waals surface area contributed by atoms with Gasteiger partial charge in [-0.05, 0) is 25.9 Å². The molecule has 17 heavy (non-hydrogen) atoms. The van der Waals surface area contributed by atoms with Gasteiger partial charge in [-0.1, -0.05) is 0 Å². The molecule has 0 amide bonds. The summed E-state index contributed by atoms with van der Waals surface area (Å²) < 4.78 is 10.1. The lowest BCUT2D eigenvalue weighted by molar-refractivity contribution is -0.159. The third kappa shape index (κ3) is 3.66. The van der Waals surface area contributed by atoms with Gasteiger partial charge in [0, 0.05) is 26.2 Å². The molecule has 5 nitrogen and oxygen atoms in total. The number of carbonyl (C=O) groups is 1. The van der Waals surface area contributed by atoms with Gasteiger partial charge in [0.25, 0.3) is 0 Å². The third-order valence-electron chi connectivity index (χ3n) is 3.55. The summed E-state index contributed by atoms with van der Waals surface area (Å²) in [6.45, 7) is 6.79. The molecule has 2 rings (SSSR count). The molecule has 0 aliphatic carbocycles. The lowest BCUT2D eigenvalue weighted by atomic mass is 10.2. The number of ether oxygens (including phenoxy) is 2. The Morgan fingerprint density at radius 2 is 1.94 bits per heavy atom. The summed E-state index contributed by atoms with van der Waals surface area (Å²) in [4.78, 5) is 16.2. The Labute approximate surface area is 103 Å². The molecule has 0 aromatic carbocycles. The fraction of sp³-hybridized carbons (Fsp3) is 0.917. The van der Waals surface area contributed by atoms with Gasteiger partial charge < -0.3 is 14.4 Å². The summed E-state index contributed by atoms with van der Waals surface area (Å²) >= 11 is 0. The molecule has 0 saturated carbocycles. The second-order valence-corrected chi connectivity index (χ2v) is 4.73. The Morgan fingerprint density at radius 1 is 1.24 bits per heavy atom. The van der Waals surface area contributed by atoms with Crippen molar-refractivity contribution in [3.63, 3.8) is 0 Å². The van der Waals surface area contributed by atoms with Crippen LogP contribution in [-0.4, -0.2) is 74.9 Å². The highest BCUT2D eigenvalue weighted by Gasteiger charge is 2.27. The van der Waals surface area contributed by atoms with E-state index in [1.54, 1.807) is 0 Å². The van der Waals surface area contributed by atoms with Crippen LogP contribution in [0.5, 0.6) is 0 Å². The van der Waals surface area contributed by atoms with Crippen molar-refractivity contribution in [3.05, 3.63) is 0 Å². The summed E-state index contributed by atoms with van der Waals surface area (Å²) in [5, 5.41) is 0. The standard InChI is InChI=1S/C12H22N2O3/c1-16-12(15)11-10-14(8-9-17-11)7-6-13-4-2-3-5-13/h11H,2-10H2,1H3. The van der Waals surface area contributed by atoms with Crippen LogP contribution in [0.3, 0.4) is 0 Å². The molecule has 2 fully saturated rings. The van der Waals surface area contributed by atoms with Crippen LogP contribution >= 0.6 is 0 Å². The molecule has 0 radical (unpaired) electrons. The molecule has 98 valence electrons. The zero-order valence-corrected chi connectivity index (χ0v) is 10.6. The van der Waals surface area contributed by atoms with E-state index in [2.05, 4.69) is 9.80 Å². The van der Waals surface area contributed by atoms with Crippen LogP contribution in [0.2, 0.25) is 0 Å². The van der Waals surface area contributed by atoms with Crippen molar-refractivity contribution in [1.82, 2.24) is 9.80 Å². The molecule has 5 heteroatoms. The molecule has 2 saturated heterocycles. The van der Waals surface area contributed by atoms with E-state index in [9.17, 15) is 4.79 Å². The zero-order chi connectivity index (χ0) is 12.1. The first-order valence-corrected chi connectivity index (χ1v) is 6.44. The van der Waals surface area contributed by atoms with E-state index in [-0.39, 0.29) is 5.97 Å². The van der Waals surface area contributed by atoms with E-state index in [1.807, 2.05) is 0 Å². The molecule has 2 heterocycles. The summed E-state index contributed by atoms with van der Waals surface area (Å²) in [5.41, 5.74) is 0. The Balaban J connectivity index is 1.71. The van der Waals surface area contributed by atoms with E-state index in [0.717, 1.165) is 19.6 Å². The summed E-state index contributed by atoms with van der Waals surface area (Å²) in [5.74, 6) is -0.254. The lowest BCUT2D eigenvalue weighted by Gasteiger charge is -2.32. The number of esters is 1. The van der Waals surface area contributed by atoms with Crippen molar-refractivity contribution in [3.8, 4) is 0 Å². The van der Waals surface area contributed by atoms with Gasteiger partial charge in [0.2, 0.25) is 0 Å². The summed E-state index contributed by atoms with van der Waals surface area (Å²) in [6, 6.07) is 0. The van der Waals surface area contributed by atoms with Crippen LogP contribution < -0.4 is 0 Å². The maximum absolute atomic E-state index is 11.4. The highest BCUT2D eigenvalue weighted by molar-refractivity contribution is 5.74. The van der Waals surface area contributed by atoms with E-state index < -0.39 is 6.10 Å². The molecule has 0 bridgehead atoms. The van der Waals surface area contributed by atoms with Crippen LogP contribution in [0.1, 0.15) is 12.8 Å². The lowest BCUT2D eigenvalue weighted by Crippen LogP contribution is -2.48. The average molecular weight is 242 g/mol. The average Bonchev–Trinajstić information content (AvgIpc) is 2.89. The Morgan fingerprint density at radius 3 is 2.65 bits per heavy atom. The molecule has 0 spiro atoms. The predicted octanol–water partition coefficient (Wildman–Crippen LogP) is -0.0440. The zero-order valence-electron chi connectivity index (χ0n) is 10.6. The third-order valence-corrected chi connectivity index (χ3v) is 3.55. The van der Waals surface area contributed by atoms with Crippen molar-refractivity contribution in [1.29, 1.82) is 0 Å². The van der Waals surface area contributed by atoms with Gasteiger partial charge in [-0.3, -0.25) is 4.90 Å². The number of methoxy groups -OCH3 is 1. The van der Waals surface area contributed by atoms with Crippen molar-refractivity contribution < 1.29 is 14.3 Å². The van der Waals surface area contributed by atoms with E-state index >= 15 is 0 Å². The monoisotopic (exact) mass is 242 g/mol. The number of rotatable bonds is 4. The van der Waals surface area contributed by atoms with Gasteiger partial charge in [-0.15, -0.1) is 0 Å². The normalized spacial score (nSPS) is 27.2. The van der Waals surface area contributed by atoms with Gasteiger partial charge >= 0.3 is 5.97 Å². The maximum Gasteiger partial charge on any atom is 0.336 e. The van der Waals surface area contributed by atoms with Gasteiger partial charge in [0.15, 0.2) is 6.10 Å². The minimum atomic E-state index is -0.396. The topological polar surface area (TPSA) is 42.0 Å². The Kier molecular flexibility index (Phi) is 4.76. The second-order valence-electron chi connectivity index (χ2n) is 4.73. The largest absolute Gasteiger partial charge is 0.467 e. The molecule has 0 aromatic heterocycles. The van der Waals surface area contributed by atoms with Crippen LogP contribution in [0.15, 0.2) is 0 Å². The van der Waals surface area contributed by atoms with Crippen molar-refractivity contribution in [2.75, 3.05) is 53.0 Å². The van der Waals surface area contributed by atoms with Crippen LogP contribution in [0.4, 0.5) is 0 Å². The predicted molar refractivity (Wildman–Crippen MR) is 63.9 cm³/mol. The fourth-order valence-corrected chi connectivity index (χ4v) is 2.47. The van der Waals surface area contributed by atoms with Gasteiger partial charge in [-0.2, -0.15) is 0 Å². The SMILES string of the molecule is COC(=O)C1CN(CCN2CCCC2)CCO1. The molecule has 2 aliphatic heterocycles. The smallest absolute Gasteiger partial charge is 0.336 e. The fourth-order valence-electron chi connectivity index (χ4n) is 2.47. The van der Waals surface area contributed by atoms with Crippen molar-refractivity contribution in [2.45, 2.75) is 18.9 Å². The van der Waals surface area contributed by atoms with Gasteiger partial charge in [-0.25, -0.2) is 4.79 Å². The Bertz CT molecular complexity index is 254. The summed E-state index contributed by atoms with van der Waals surface area (Å²) in [6.07, 6.45) is 2.26. The number of hydrogen-bond donors (Lipinski definition) is 0. The van der Waals surface area contributed by atoms with E-state index in [0.29, 0.717) is 13.2 Å². The minimum Gasteiger partial charge on any atom is -0.467 e. The summed E-state index contributed by atoms with van der Waals surface area (Å²) in [7, 11) is 1.41. The first-order valence-electron chi connectivity index (χ1n) is 6.44. The number of nitrogens with zero attached hydrogens (tertiary/aromatic N) is 2. The second kappa shape index (κ2) is 6.33. The molecule has 1 atom stereocenters. The quantitative estimate of drug-likeness (QED) is 0.647. The highest BCUT2D eigenvalue weighted by atomic mass is 16.6. The molecule has 0 N–H and O–H groups in total. The Hall–Kier alpha value is -0.650. The minimum absolute atomic E-state index is 0.254. The van der Waals surface area contributed by atoms with Crippen LogP contribution in [0.25, 0.3) is 0 Å². The molecule has 1 unspecified atom stereocenters. The molecular formula is C12H22N2O3. The molecule has 2 aliphatic rings. The van der Waals surface area contributed by atoms with Gasteiger partial charge in [0.1, 0.15) is 0 Å². The number of hydrogen-bond acceptors (Lipinski definition) is 5. The highest BCUT2D eigenvalue weighted by Crippen LogP contribution is 2.09. The van der Waals surface area contributed by atoms with E-state index in [4.69, 9.17) is 9.47 Å². The number of morpholine rings is 1. The van der Waals surface area contributed by atoms with Crippen LogP contribution in [-0.2, 0) is 14.3 Å². The first-order chi connectivity index (χ1) is 8.29. The number of likely N-dealkylation sites (tertiary alicyclic amines) is 1. The number of carbonyl (C=O) groups excluding carboxylic acids is 1.